The third-order valence-electron chi connectivity index (χ3n) is 6.22. The van der Waals surface area contributed by atoms with E-state index in [9.17, 15) is 18.0 Å². The lowest BCUT2D eigenvalue weighted by atomic mass is 9.79. The minimum atomic E-state index is -4.50. The molecule has 5 unspecified atom stereocenters. The Morgan fingerprint density at radius 3 is 2.57 bits per heavy atom. The molecule has 0 radical (unpaired) electrons. The summed E-state index contributed by atoms with van der Waals surface area (Å²) in [4.78, 5) is 12.4. The molecule has 1 amide bonds. The molecule has 3 aliphatic rings. The summed E-state index contributed by atoms with van der Waals surface area (Å²) in [5.41, 5.74) is -1.11. The summed E-state index contributed by atoms with van der Waals surface area (Å²) in [7, 11) is 0. The average molecular weight is 323 g/mol. The van der Waals surface area contributed by atoms with Gasteiger partial charge in [-0.3, -0.25) is 4.79 Å². The van der Waals surface area contributed by atoms with Crippen molar-refractivity contribution in [3.63, 3.8) is 0 Å². The Balaban J connectivity index is 1.52. The van der Waals surface area contributed by atoms with Crippen LogP contribution in [-0.2, 0) is 6.18 Å². The third kappa shape index (κ3) is 2.45. The van der Waals surface area contributed by atoms with Crippen LogP contribution in [0, 0.1) is 23.7 Å². The smallest absolute Gasteiger partial charge is 0.349 e. The summed E-state index contributed by atoms with van der Waals surface area (Å²) >= 11 is 0. The number of alkyl halides is 3. The van der Waals surface area contributed by atoms with Gasteiger partial charge in [-0.05, 0) is 61.5 Å². The molecule has 23 heavy (non-hydrogen) atoms. The van der Waals surface area contributed by atoms with Crippen molar-refractivity contribution in [1.29, 1.82) is 0 Å². The summed E-state index contributed by atoms with van der Waals surface area (Å²) in [5.74, 6) is 2.03. The number of carbonyl (C=O) groups is 1. The summed E-state index contributed by atoms with van der Waals surface area (Å²) < 4.78 is 39.2. The number of fused-ring (bicyclic) bond motifs is 5. The first-order chi connectivity index (χ1) is 10.9. The van der Waals surface area contributed by atoms with E-state index < -0.39 is 17.6 Å². The molecule has 124 valence electrons. The van der Waals surface area contributed by atoms with Crippen LogP contribution >= 0.6 is 0 Å². The fourth-order valence-electron chi connectivity index (χ4n) is 5.41. The second-order valence-electron chi connectivity index (χ2n) is 7.28. The van der Waals surface area contributed by atoms with Crippen LogP contribution in [0.4, 0.5) is 13.2 Å². The van der Waals surface area contributed by atoms with Gasteiger partial charge in [-0.1, -0.05) is 18.6 Å². The molecule has 0 saturated heterocycles. The molecular weight excluding hydrogens is 303 g/mol. The number of hydrogen-bond acceptors (Lipinski definition) is 1. The van der Waals surface area contributed by atoms with Crippen LogP contribution < -0.4 is 5.32 Å². The zero-order valence-electron chi connectivity index (χ0n) is 12.8. The van der Waals surface area contributed by atoms with Crippen molar-refractivity contribution in [2.45, 2.75) is 44.3 Å². The predicted octanol–water partition coefficient (Wildman–Crippen LogP) is 4.26. The quantitative estimate of drug-likeness (QED) is 0.866. The van der Waals surface area contributed by atoms with Crippen LogP contribution in [0.25, 0.3) is 0 Å². The van der Waals surface area contributed by atoms with Gasteiger partial charge in [-0.15, -0.1) is 0 Å². The number of nitrogens with one attached hydrogen (secondary N) is 1. The van der Waals surface area contributed by atoms with Crippen LogP contribution in [0.5, 0.6) is 0 Å². The third-order valence-corrected chi connectivity index (χ3v) is 6.22. The van der Waals surface area contributed by atoms with E-state index in [0.717, 1.165) is 24.8 Å². The van der Waals surface area contributed by atoms with Crippen LogP contribution in [0.2, 0.25) is 0 Å². The van der Waals surface area contributed by atoms with E-state index in [1.165, 1.54) is 37.5 Å². The van der Waals surface area contributed by atoms with E-state index in [0.29, 0.717) is 17.8 Å². The van der Waals surface area contributed by atoms with Crippen molar-refractivity contribution in [1.82, 2.24) is 5.32 Å². The highest BCUT2D eigenvalue weighted by Crippen LogP contribution is 2.58. The van der Waals surface area contributed by atoms with Gasteiger partial charge in [-0.25, -0.2) is 0 Å². The molecule has 0 aliphatic heterocycles. The highest BCUT2D eigenvalue weighted by molar-refractivity contribution is 5.96. The fraction of sp³-hybridized carbons (Fsp3) is 0.611. The van der Waals surface area contributed by atoms with Gasteiger partial charge in [0.2, 0.25) is 0 Å². The molecule has 1 N–H and O–H groups in total. The molecule has 2 nitrogen and oxygen atoms in total. The first-order valence-electron chi connectivity index (χ1n) is 8.42. The molecule has 3 aliphatic carbocycles. The minimum Gasteiger partial charge on any atom is -0.349 e. The maximum atomic E-state index is 13.1. The van der Waals surface area contributed by atoms with Crippen molar-refractivity contribution in [2.24, 2.45) is 23.7 Å². The first kappa shape index (κ1) is 15.0. The normalized spacial score (nSPS) is 35.3. The van der Waals surface area contributed by atoms with Gasteiger partial charge < -0.3 is 5.32 Å². The van der Waals surface area contributed by atoms with Crippen molar-refractivity contribution < 1.29 is 18.0 Å². The number of hydrogen-bond donors (Lipinski definition) is 1. The van der Waals surface area contributed by atoms with Crippen LogP contribution in [0.1, 0.15) is 48.0 Å². The van der Waals surface area contributed by atoms with Gasteiger partial charge in [0.15, 0.2) is 0 Å². The molecule has 0 spiro atoms. The highest BCUT2D eigenvalue weighted by atomic mass is 19.4. The van der Waals surface area contributed by atoms with E-state index in [4.69, 9.17) is 0 Å². The topological polar surface area (TPSA) is 29.1 Å². The summed E-state index contributed by atoms with van der Waals surface area (Å²) in [6.45, 7) is 0. The summed E-state index contributed by atoms with van der Waals surface area (Å²) in [5, 5.41) is 2.91. The molecule has 5 heteroatoms. The van der Waals surface area contributed by atoms with Gasteiger partial charge in [0.1, 0.15) is 0 Å². The molecular formula is C18H20F3NO. The second kappa shape index (κ2) is 5.25. The lowest BCUT2D eigenvalue weighted by Crippen LogP contribution is -2.43. The van der Waals surface area contributed by atoms with E-state index in [1.54, 1.807) is 0 Å². The molecule has 5 atom stereocenters. The Hall–Kier alpha value is -1.52. The van der Waals surface area contributed by atoms with Crippen molar-refractivity contribution in [2.75, 3.05) is 0 Å². The Morgan fingerprint density at radius 1 is 1.04 bits per heavy atom. The molecule has 3 saturated carbocycles. The van der Waals surface area contributed by atoms with Crippen molar-refractivity contribution in [3.05, 3.63) is 35.4 Å². The minimum absolute atomic E-state index is 0.0492. The average Bonchev–Trinajstić information content (AvgIpc) is 3.18. The largest absolute Gasteiger partial charge is 0.417 e. The highest BCUT2D eigenvalue weighted by Gasteiger charge is 2.54. The summed E-state index contributed by atoms with van der Waals surface area (Å²) in [6, 6.07) is 5.10. The zero-order chi connectivity index (χ0) is 16.2. The van der Waals surface area contributed by atoms with Crippen LogP contribution in [0.3, 0.4) is 0 Å². The van der Waals surface area contributed by atoms with Gasteiger partial charge in [-0.2, -0.15) is 13.2 Å². The van der Waals surface area contributed by atoms with Crippen LogP contribution in [-0.4, -0.2) is 11.9 Å². The maximum Gasteiger partial charge on any atom is 0.417 e. The monoisotopic (exact) mass is 323 g/mol. The molecule has 4 rings (SSSR count). The molecule has 1 aromatic rings. The first-order valence-corrected chi connectivity index (χ1v) is 8.42. The zero-order valence-corrected chi connectivity index (χ0v) is 12.8. The number of benzene rings is 1. The maximum absolute atomic E-state index is 13.1. The number of amides is 1. The number of rotatable bonds is 2. The Morgan fingerprint density at radius 2 is 1.78 bits per heavy atom. The second-order valence-corrected chi connectivity index (χ2v) is 7.28. The van der Waals surface area contributed by atoms with Gasteiger partial charge in [0.05, 0.1) is 11.1 Å². The Bertz CT molecular complexity index is 627. The molecule has 2 bridgehead atoms. The van der Waals surface area contributed by atoms with Crippen LogP contribution in [0.15, 0.2) is 24.3 Å². The van der Waals surface area contributed by atoms with Crippen molar-refractivity contribution >= 4 is 5.91 Å². The predicted molar refractivity (Wildman–Crippen MR) is 79.7 cm³/mol. The number of carbonyl (C=O) groups excluding carboxylic acids is 1. The number of halogens is 3. The van der Waals surface area contributed by atoms with E-state index in [1.807, 2.05) is 0 Å². The molecule has 0 heterocycles. The molecule has 1 aromatic carbocycles. The van der Waals surface area contributed by atoms with Crippen molar-refractivity contribution in [3.8, 4) is 0 Å². The lowest BCUT2D eigenvalue weighted by Gasteiger charge is -2.32. The SMILES string of the molecule is O=C(NC1CC2CC1C1CCCC21)c1ccccc1C(F)(F)F. The lowest BCUT2D eigenvalue weighted by molar-refractivity contribution is -0.137. The van der Waals surface area contributed by atoms with E-state index in [2.05, 4.69) is 5.32 Å². The van der Waals surface area contributed by atoms with Gasteiger partial charge in [0, 0.05) is 6.04 Å². The Kier molecular flexibility index (Phi) is 3.43. The molecule has 0 aromatic heterocycles. The van der Waals surface area contributed by atoms with E-state index in [-0.39, 0.29) is 11.6 Å². The van der Waals surface area contributed by atoms with Gasteiger partial charge >= 0.3 is 6.18 Å². The molecule has 3 fully saturated rings. The fourth-order valence-corrected chi connectivity index (χ4v) is 5.41. The summed E-state index contributed by atoms with van der Waals surface area (Å²) in [6.07, 6.45) is 1.35. The standard InChI is InChI=1S/C18H20F3NO/c19-18(20,21)15-7-2-1-4-13(15)17(23)22-16-9-10-8-14(16)12-6-3-5-11(10)12/h1-2,4,7,10-12,14,16H,3,5-6,8-9H2,(H,22,23). The Labute approximate surface area is 133 Å². The van der Waals surface area contributed by atoms with Gasteiger partial charge in [0.25, 0.3) is 5.91 Å². The van der Waals surface area contributed by atoms with E-state index >= 15 is 0 Å².